The molecule has 1 aromatic heterocycles. The van der Waals surface area contributed by atoms with E-state index in [1.54, 1.807) is 11.8 Å². The molecule has 0 bridgehead atoms. The average Bonchev–Trinajstić information content (AvgIpc) is 2.85. The van der Waals surface area contributed by atoms with Gasteiger partial charge < -0.3 is 10.5 Å². The number of rotatable bonds is 5. The van der Waals surface area contributed by atoms with Crippen LogP contribution in [0.15, 0.2) is 18.2 Å². The summed E-state index contributed by atoms with van der Waals surface area (Å²) in [7, 11) is 1.68. The Balaban J connectivity index is 2.49. The van der Waals surface area contributed by atoms with Crippen molar-refractivity contribution in [2.45, 2.75) is 26.3 Å². The number of nitrogens with two attached hydrogens (primary N) is 1. The number of aryl methyl sites for hydroxylation is 1. The molecule has 6 nitrogen and oxygen atoms in total. The summed E-state index contributed by atoms with van der Waals surface area (Å²) in [6.07, 6.45) is 0.887. The van der Waals surface area contributed by atoms with Gasteiger partial charge >= 0.3 is 0 Å². The molecule has 0 radical (unpaired) electrons. The van der Waals surface area contributed by atoms with Crippen molar-refractivity contribution in [1.29, 1.82) is 0 Å². The maximum atomic E-state index is 6.06. The van der Waals surface area contributed by atoms with E-state index in [9.17, 15) is 0 Å². The fraction of sp³-hybridized carbons (Fsp3) is 0.462. The molecule has 0 saturated carbocycles. The Morgan fingerprint density at radius 2 is 2.21 bits per heavy atom. The minimum absolute atomic E-state index is 0.106. The summed E-state index contributed by atoms with van der Waals surface area (Å²) in [6, 6.07) is 5.89. The van der Waals surface area contributed by atoms with E-state index in [0.717, 1.165) is 17.5 Å². The third-order valence-corrected chi connectivity index (χ3v) is 3.20. The Bertz CT molecular complexity index is 531. The van der Waals surface area contributed by atoms with Gasteiger partial charge in [-0.15, -0.1) is 5.10 Å². The van der Waals surface area contributed by atoms with Gasteiger partial charge in [0.1, 0.15) is 0 Å². The summed E-state index contributed by atoms with van der Waals surface area (Å²) in [4.78, 5) is 0. The van der Waals surface area contributed by atoms with E-state index in [2.05, 4.69) is 22.4 Å². The number of nitrogen functional groups attached to an aromatic ring is 1. The first-order chi connectivity index (χ1) is 9.19. The first kappa shape index (κ1) is 13.5. The first-order valence-corrected chi connectivity index (χ1v) is 6.31. The molecule has 2 aromatic rings. The monoisotopic (exact) mass is 261 g/mol. The lowest BCUT2D eigenvalue weighted by molar-refractivity contribution is 0.147. The van der Waals surface area contributed by atoms with Crippen LogP contribution in [-0.2, 0) is 4.74 Å². The van der Waals surface area contributed by atoms with Crippen molar-refractivity contribution in [2.75, 3.05) is 19.5 Å². The van der Waals surface area contributed by atoms with Crippen LogP contribution < -0.4 is 5.73 Å². The molecule has 19 heavy (non-hydrogen) atoms. The van der Waals surface area contributed by atoms with Crippen LogP contribution in [0.1, 0.15) is 24.9 Å². The molecule has 1 aromatic carbocycles. The number of hydrogen-bond acceptors (Lipinski definition) is 5. The highest BCUT2D eigenvalue weighted by Gasteiger charge is 2.19. The number of tetrazole rings is 1. The molecule has 6 heteroatoms. The number of nitrogens with zero attached hydrogens (tertiary/aromatic N) is 4. The highest BCUT2D eigenvalue weighted by Crippen LogP contribution is 2.29. The summed E-state index contributed by atoms with van der Waals surface area (Å²) in [5, 5.41) is 12.0. The quantitative estimate of drug-likeness (QED) is 0.831. The van der Waals surface area contributed by atoms with Gasteiger partial charge in [-0.25, -0.2) is 4.68 Å². The molecule has 102 valence electrons. The lowest BCUT2D eigenvalue weighted by atomic mass is 10.1. The third-order valence-electron chi connectivity index (χ3n) is 3.20. The molecule has 1 atom stereocenters. The van der Waals surface area contributed by atoms with Gasteiger partial charge in [0.25, 0.3) is 0 Å². The van der Waals surface area contributed by atoms with E-state index < -0.39 is 0 Å². The van der Waals surface area contributed by atoms with E-state index in [4.69, 9.17) is 10.5 Å². The maximum Gasteiger partial charge on any atom is 0.184 e. The fourth-order valence-electron chi connectivity index (χ4n) is 2.15. The first-order valence-electron chi connectivity index (χ1n) is 6.31. The van der Waals surface area contributed by atoms with Crippen molar-refractivity contribution >= 4 is 5.69 Å². The normalized spacial score (nSPS) is 12.6. The Labute approximate surface area is 112 Å². The molecule has 0 amide bonds. The van der Waals surface area contributed by atoms with Crippen molar-refractivity contribution in [3.8, 4) is 11.4 Å². The number of anilines is 1. The zero-order valence-corrected chi connectivity index (χ0v) is 11.5. The summed E-state index contributed by atoms with van der Waals surface area (Å²) in [6.45, 7) is 4.65. The van der Waals surface area contributed by atoms with Gasteiger partial charge in [-0.05, 0) is 35.4 Å². The largest absolute Gasteiger partial charge is 0.398 e. The third kappa shape index (κ3) is 2.58. The molecule has 2 rings (SSSR count). The SMILES string of the molecule is CCC(COC)n1nnnc1-c1c(C)cccc1N. The molecular weight excluding hydrogens is 242 g/mol. The molecule has 0 aliphatic heterocycles. The van der Waals surface area contributed by atoms with E-state index >= 15 is 0 Å². The van der Waals surface area contributed by atoms with Crippen LogP contribution in [0.5, 0.6) is 0 Å². The lowest BCUT2D eigenvalue weighted by Crippen LogP contribution is -2.17. The Morgan fingerprint density at radius 1 is 1.42 bits per heavy atom. The van der Waals surface area contributed by atoms with Crippen molar-refractivity contribution in [2.24, 2.45) is 0 Å². The minimum atomic E-state index is 0.106. The summed E-state index contributed by atoms with van der Waals surface area (Å²) in [5.74, 6) is 0.694. The van der Waals surface area contributed by atoms with Gasteiger partial charge in [0.05, 0.1) is 12.6 Å². The van der Waals surface area contributed by atoms with Gasteiger partial charge in [-0.3, -0.25) is 0 Å². The van der Waals surface area contributed by atoms with Crippen molar-refractivity contribution in [1.82, 2.24) is 20.2 Å². The van der Waals surface area contributed by atoms with Crippen LogP contribution in [0.3, 0.4) is 0 Å². The van der Waals surface area contributed by atoms with E-state index in [1.165, 1.54) is 0 Å². The molecule has 0 aliphatic rings. The van der Waals surface area contributed by atoms with Crippen LogP contribution >= 0.6 is 0 Å². The topological polar surface area (TPSA) is 78.8 Å². The van der Waals surface area contributed by atoms with Gasteiger partial charge in [-0.1, -0.05) is 19.1 Å². The number of hydrogen-bond donors (Lipinski definition) is 1. The molecular formula is C13H19N5O. The van der Waals surface area contributed by atoms with Gasteiger partial charge in [0.2, 0.25) is 0 Å². The molecule has 0 saturated heterocycles. The zero-order valence-electron chi connectivity index (χ0n) is 11.5. The minimum Gasteiger partial charge on any atom is -0.398 e. The molecule has 2 N–H and O–H groups in total. The van der Waals surface area contributed by atoms with Crippen LogP contribution in [0, 0.1) is 6.92 Å². The highest BCUT2D eigenvalue weighted by molar-refractivity contribution is 5.74. The predicted molar refractivity (Wildman–Crippen MR) is 73.6 cm³/mol. The van der Waals surface area contributed by atoms with Gasteiger partial charge in [0, 0.05) is 18.4 Å². The molecule has 0 fully saturated rings. The number of aromatic nitrogens is 4. The molecule has 1 heterocycles. The molecule has 0 aliphatic carbocycles. The van der Waals surface area contributed by atoms with Crippen LogP contribution in [0.2, 0.25) is 0 Å². The average molecular weight is 261 g/mol. The van der Waals surface area contributed by atoms with E-state index in [0.29, 0.717) is 18.1 Å². The fourth-order valence-corrected chi connectivity index (χ4v) is 2.15. The Hall–Kier alpha value is -1.95. The summed E-state index contributed by atoms with van der Waals surface area (Å²) in [5.41, 5.74) is 8.69. The molecule has 0 spiro atoms. The highest BCUT2D eigenvalue weighted by atomic mass is 16.5. The number of methoxy groups -OCH3 is 1. The smallest absolute Gasteiger partial charge is 0.184 e. The van der Waals surface area contributed by atoms with Crippen molar-refractivity contribution < 1.29 is 4.74 Å². The molecule has 1 unspecified atom stereocenters. The van der Waals surface area contributed by atoms with Crippen molar-refractivity contribution in [3.05, 3.63) is 23.8 Å². The van der Waals surface area contributed by atoms with E-state index in [-0.39, 0.29) is 6.04 Å². The second-order valence-corrected chi connectivity index (χ2v) is 4.50. The Kier molecular flexibility index (Phi) is 4.11. The lowest BCUT2D eigenvalue weighted by Gasteiger charge is -2.16. The van der Waals surface area contributed by atoms with Crippen LogP contribution in [0.25, 0.3) is 11.4 Å². The maximum absolute atomic E-state index is 6.06. The zero-order chi connectivity index (χ0) is 13.8. The number of benzene rings is 1. The van der Waals surface area contributed by atoms with Gasteiger partial charge in [0.15, 0.2) is 5.82 Å². The predicted octanol–water partition coefficient (Wildman–Crippen LogP) is 1.83. The van der Waals surface area contributed by atoms with E-state index in [1.807, 2.05) is 25.1 Å². The van der Waals surface area contributed by atoms with Crippen LogP contribution in [0.4, 0.5) is 5.69 Å². The van der Waals surface area contributed by atoms with Gasteiger partial charge in [-0.2, -0.15) is 0 Å². The Morgan fingerprint density at radius 3 is 2.84 bits per heavy atom. The second-order valence-electron chi connectivity index (χ2n) is 4.50. The number of ether oxygens (including phenoxy) is 1. The van der Waals surface area contributed by atoms with Crippen molar-refractivity contribution in [3.63, 3.8) is 0 Å². The van der Waals surface area contributed by atoms with Crippen LogP contribution in [-0.4, -0.2) is 33.9 Å². The second kappa shape index (κ2) is 5.79. The summed E-state index contributed by atoms with van der Waals surface area (Å²) < 4.78 is 7.02. The standard InChI is InChI=1S/C13H19N5O/c1-4-10(8-19-3)18-13(15-16-17-18)12-9(2)6-5-7-11(12)14/h5-7,10H,4,8,14H2,1-3H3. The summed E-state index contributed by atoms with van der Waals surface area (Å²) >= 11 is 0.